The number of aryl methyl sites for hydroxylation is 1. The highest BCUT2D eigenvalue weighted by atomic mass is 19.3. The summed E-state index contributed by atoms with van der Waals surface area (Å²) in [6.45, 7) is -1.43. The highest BCUT2D eigenvalue weighted by molar-refractivity contribution is 6.07. The molecule has 0 aliphatic rings. The van der Waals surface area contributed by atoms with E-state index < -0.39 is 28.9 Å². The number of aromatic nitrogens is 1. The Morgan fingerprint density at radius 3 is 2.60 bits per heavy atom. The first kappa shape index (κ1) is 18.0. The molecule has 1 aromatic heterocycles. The molecule has 0 spiro atoms. The van der Waals surface area contributed by atoms with Gasteiger partial charge in [-0.2, -0.15) is 8.78 Å². The van der Waals surface area contributed by atoms with Crippen LogP contribution in [0.5, 0.6) is 11.5 Å². The average molecular weight is 353 g/mol. The molecule has 1 aromatic carbocycles. The zero-order valence-corrected chi connectivity index (χ0v) is 13.2. The van der Waals surface area contributed by atoms with Crippen molar-refractivity contribution in [3.63, 3.8) is 0 Å². The Hall–Kier alpha value is -3.30. The first-order chi connectivity index (χ1) is 11.8. The number of anilines is 1. The van der Waals surface area contributed by atoms with Crippen LogP contribution in [0.25, 0.3) is 0 Å². The summed E-state index contributed by atoms with van der Waals surface area (Å²) in [4.78, 5) is 26.6. The monoisotopic (exact) mass is 353 g/mol. The minimum Gasteiger partial charge on any atom is -0.493 e. The summed E-state index contributed by atoms with van der Waals surface area (Å²) in [6.07, 6.45) is 1.46. The van der Waals surface area contributed by atoms with Crippen molar-refractivity contribution in [1.82, 2.24) is 4.98 Å². The number of hydrogen-bond donors (Lipinski definition) is 1. The van der Waals surface area contributed by atoms with E-state index in [-0.39, 0.29) is 17.1 Å². The number of nitrogens with one attached hydrogen (secondary N) is 1. The van der Waals surface area contributed by atoms with Gasteiger partial charge >= 0.3 is 6.61 Å². The van der Waals surface area contributed by atoms with Crippen LogP contribution in [0.1, 0.15) is 15.9 Å². The van der Waals surface area contributed by atoms with Gasteiger partial charge in [-0.25, -0.2) is 4.98 Å². The molecule has 10 heteroatoms. The molecule has 0 fully saturated rings. The van der Waals surface area contributed by atoms with E-state index in [2.05, 4.69) is 15.0 Å². The number of halogens is 2. The zero-order chi connectivity index (χ0) is 18.6. The number of benzene rings is 1. The van der Waals surface area contributed by atoms with E-state index in [1.165, 1.54) is 6.20 Å². The third kappa shape index (κ3) is 4.37. The van der Waals surface area contributed by atoms with Crippen molar-refractivity contribution in [3.05, 3.63) is 51.7 Å². The van der Waals surface area contributed by atoms with E-state index in [9.17, 15) is 23.7 Å². The van der Waals surface area contributed by atoms with Gasteiger partial charge in [-0.05, 0) is 24.6 Å². The van der Waals surface area contributed by atoms with Crippen LogP contribution >= 0.6 is 0 Å². The lowest BCUT2D eigenvalue weighted by molar-refractivity contribution is -0.385. The molecule has 0 atom stereocenters. The molecular formula is C15H13F2N3O5. The maximum Gasteiger partial charge on any atom is 0.387 e. The van der Waals surface area contributed by atoms with Crippen molar-refractivity contribution in [3.8, 4) is 11.5 Å². The van der Waals surface area contributed by atoms with Gasteiger partial charge in [-0.3, -0.25) is 14.9 Å². The van der Waals surface area contributed by atoms with E-state index in [4.69, 9.17) is 4.74 Å². The first-order valence-corrected chi connectivity index (χ1v) is 6.87. The van der Waals surface area contributed by atoms with Crippen LogP contribution in [0.4, 0.5) is 20.3 Å². The smallest absolute Gasteiger partial charge is 0.387 e. The first-order valence-electron chi connectivity index (χ1n) is 6.87. The van der Waals surface area contributed by atoms with Crippen molar-refractivity contribution in [2.45, 2.75) is 13.5 Å². The minimum absolute atomic E-state index is 0.186. The summed E-state index contributed by atoms with van der Waals surface area (Å²) in [5, 5.41) is 13.6. The number of nitro groups is 1. The van der Waals surface area contributed by atoms with E-state index in [1.54, 1.807) is 19.1 Å². The van der Waals surface area contributed by atoms with Crippen molar-refractivity contribution < 1.29 is 28.0 Å². The van der Waals surface area contributed by atoms with Gasteiger partial charge in [-0.1, -0.05) is 0 Å². The van der Waals surface area contributed by atoms with Crippen molar-refractivity contribution in [1.29, 1.82) is 0 Å². The van der Waals surface area contributed by atoms with Gasteiger partial charge in [0.2, 0.25) is 0 Å². The number of ether oxygens (including phenoxy) is 2. The predicted molar refractivity (Wildman–Crippen MR) is 83.2 cm³/mol. The SMILES string of the molecule is COc1cc(C(=O)Nc2cc(C)ccn2)c([N+](=O)[O-])cc1OC(F)F. The fourth-order valence-electron chi connectivity index (χ4n) is 2.02. The van der Waals surface area contributed by atoms with E-state index in [0.29, 0.717) is 6.07 Å². The van der Waals surface area contributed by atoms with Crippen LogP contribution in [-0.2, 0) is 0 Å². The number of nitrogens with zero attached hydrogens (tertiary/aromatic N) is 2. The van der Waals surface area contributed by atoms with Gasteiger partial charge in [0.25, 0.3) is 11.6 Å². The molecule has 0 radical (unpaired) electrons. The second-order valence-corrected chi connectivity index (χ2v) is 4.83. The van der Waals surface area contributed by atoms with Gasteiger partial charge < -0.3 is 14.8 Å². The Balaban J connectivity index is 2.44. The number of carbonyl (C=O) groups is 1. The van der Waals surface area contributed by atoms with Crippen molar-refractivity contribution in [2.24, 2.45) is 0 Å². The predicted octanol–water partition coefficient (Wildman–Crippen LogP) is 3.16. The zero-order valence-electron chi connectivity index (χ0n) is 13.2. The summed E-state index contributed by atoms with van der Waals surface area (Å²) in [6, 6.07) is 4.94. The molecule has 2 aromatic rings. The third-order valence-corrected chi connectivity index (χ3v) is 3.10. The van der Waals surface area contributed by atoms with Gasteiger partial charge in [-0.15, -0.1) is 0 Å². The molecule has 0 bridgehead atoms. The van der Waals surface area contributed by atoms with Gasteiger partial charge in [0.05, 0.1) is 18.1 Å². The normalized spacial score (nSPS) is 10.4. The fourth-order valence-corrected chi connectivity index (χ4v) is 2.02. The summed E-state index contributed by atoms with van der Waals surface area (Å²) in [5.41, 5.74) is -0.272. The lowest BCUT2D eigenvalue weighted by atomic mass is 10.1. The van der Waals surface area contributed by atoms with E-state index in [0.717, 1.165) is 18.7 Å². The number of pyridine rings is 1. The van der Waals surface area contributed by atoms with Crippen LogP contribution < -0.4 is 14.8 Å². The van der Waals surface area contributed by atoms with Gasteiger partial charge in [0.15, 0.2) is 11.5 Å². The highest BCUT2D eigenvalue weighted by Gasteiger charge is 2.26. The second-order valence-electron chi connectivity index (χ2n) is 4.83. The van der Waals surface area contributed by atoms with Crippen LogP contribution in [0.2, 0.25) is 0 Å². The molecule has 0 aliphatic heterocycles. The average Bonchev–Trinajstić information content (AvgIpc) is 2.53. The Bertz CT molecular complexity index is 814. The molecule has 25 heavy (non-hydrogen) atoms. The van der Waals surface area contributed by atoms with Crippen molar-refractivity contribution in [2.75, 3.05) is 12.4 Å². The molecule has 0 aliphatic carbocycles. The van der Waals surface area contributed by atoms with Crippen LogP contribution in [0.15, 0.2) is 30.5 Å². The Morgan fingerprint density at radius 1 is 1.32 bits per heavy atom. The third-order valence-electron chi connectivity index (χ3n) is 3.10. The number of carbonyl (C=O) groups excluding carboxylic acids is 1. The standard InChI is InChI=1S/C15H13F2N3O5/c1-8-3-4-18-13(5-8)19-14(21)9-6-11(24-2)12(25-15(16)17)7-10(9)20(22)23/h3-7,15H,1-2H3,(H,18,19,21). The van der Waals surface area contributed by atoms with Gasteiger partial charge in [0, 0.05) is 12.3 Å². The number of alkyl halides is 2. The maximum atomic E-state index is 12.4. The van der Waals surface area contributed by atoms with Crippen LogP contribution in [0.3, 0.4) is 0 Å². The molecule has 1 amide bonds. The van der Waals surface area contributed by atoms with Crippen LogP contribution in [0, 0.1) is 17.0 Å². The topological polar surface area (TPSA) is 104 Å². The molecule has 1 N–H and O–H groups in total. The lowest BCUT2D eigenvalue weighted by Gasteiger charge is -2.12. The van der Waals surface area contributed by atoms with Crippen molar-refractivity contribution >= 4 is 17.4 Å². The van der Waals surface area contributed by atoms with E-state index >= 15 is 0 Å². The number of hydrogen-bond acceptors (Lipinski definition) is 6. The molecule has 2 rings (SSSR count). The summed E-state index contributed by atoms with van der Waals surface area (Å²) in [7, 11) is 1.16. The molecule has 0 unspecified atom stereocenters. The summed E-state index contributed by atoms with van der Waals surface area (Å²) >= 11 is 0. The number of nitro benzene ring substituents is 1. The minimum atomic E-state index is -3.20. The summed E-state index contributed by atoms with van der Waals surface area (Å²) in [5.74, 6) is -1.44. The Morgan fingerprint density at radius 2 is 2.04 bits per heavy atom. The lowest BCUT2D eigenvalue weighted by Crippen LogP contribution is -2.15. The Labute approximate surface area is 140 Å². The molecule has 132 valence electrons. The molecule has 8 nitrogen and oxygen atoms in total. The highest BCUT2D eigenvalue weighted by Crippen LogP contribution is 2.36. The van der Waals surface area contributed by atoms with Crippen LogP contribution in [-0.4, -0.2) is 29.5 Å². The van der Waals surface area contributed by atoms with E-state index in [1.807, 2.05) is 0 Å². The maximum absolute atomic E-state index is 12.4. The number of amides is 1. The molecule has 1 heterocycles. The number of methoxy groups -OCH3 is 1. The molecular weight excluding hydrogens is 340 g/mol. The second kappa shape index (κ2) is 7.51. The molecule has 0 saturated carbocycles. The fraction of sp³-hybridized carbons (Fsp3) is 0.200. The molecule has 0 saturated heterocycles. The number of rotatable bonds is 6. The quantitative estimate of drug-likeness (QED) is 0.632. The largest absolute Gasteiger partial charge is 0.493 e. The Kier molecular flexibility index (Phi) is 5.42. The summed E-state index contributed by atoms with van der Waals surface area (Å²) < 4.78 is 33.9. The van der Waals surface area contributed by atoms with Gasteiger partial charge in [0.1, 0.15) is 11.4 Å².